The lowest BCUT2D eigenvalue weighted by Crippen LogP contribution is -2.24. The molecule has 2 N–H and O–H groups in total. The number of hydrogen-bond acceptors (Lipinski definition) is 4. The highest BCUT2D eigenvalue weighted by Crippen LogP contribution is 2.27. The summed E-state index contributed by atoms with van der Waals surface area (Å²) in [5.74, 6) is 1.00. The van der Waals surface area contributed by atoms with Gasteiger partial charge in [-0.2, -0.15) is 0 Å². The summed E-state index contributed by atoms with van der Waals surface area (Å²) >= 11 is 1.66. The average molecular weight is 377 g/mol. The second-order valence-corrected chi connectivity index (χ2v) is 8.90. The second kappa shape index (κ2) is 8.03. The van der Waals surface area contributed by atoms with Crippen molar-refractivity contribution in [1.29, 1.82) is 0 Å². The Morgan fingerprint density at radius 3 is 2.44 bits per heavy atom. The van der Waals surface area contributed by atoms with Gasteiger partial charge in [-0.25, -0.2) is 13.1 Å². The van der Waals surface area contributed by atoms with E-state index < -0.39 is 10.0 Å². The van der Waals surface area contributed by atoms with Crippen LogP contribution in [-0.4, -0.2) is 25.3 Å². The third-order valence-electron chi connectivity index (χ3n) is 3.96. The third kappa shape index (κ3) is 4.84. The maximum absolute atomic E-state index is 12.3. The molecule has 7 heteroatoms. The lowest BCUT2D eigenvalue weighted by atomic mass is 10.2. The Morgan fingerprint density at radius 1 is 1.08 bits per heavy atom. The van der Waals surface area contributed by atoms with E-state index in [1.807, 2.05) is 30.3 Å². The maximum Gasteiger partial charge on any atom is 0.240 e. The van der Waals surface area contributed by atoms with Crippen molar-refractivity contribution in [2.75, 3.05) is 11.1 Å². The van der Waals surface area contributed by atoms with E-state index in [1.165, 1.54) is 12.1 Å². The molecule has 25 heavy (non-hydrogen) atoms. The van der Waals surface area contributed by atoms with Crippen LogP contribution in [0.2, 0.25) is 0 Å². The molecular weight excluding hydrogens is 356 g/mol. The van der Waals surface area contributed by atoms with Crippen molar-refractivity contribution >= 4 is 33.4 Å². The minimum atomic E-state index is -3.59. The van der Waals surface area contributed by atoms with Crippen LogP contribution >= 0.6 is 11.8 Å². The molecule has 1 saturated heterocycles. The minimum absolute atomic E-state index is 0.00375. The van der Waals surface area contributed by atoms with E-state index in [0.29, 0.717) is 5.69 Å². The quantitative estimate of drug-likeness (QED) is 0.813. The third-order valence-corrected chi connectivity index (χ3v) is 6.76. The number of hydrogen-bond donors (Lipinski definition) is 2. The molecule has 2 aromatic rings. The van der Waals surface area contributed by atoms with Gasteiger partial charge in [0.1, 0.15) is 0 Å². The fourth-order valence-corrected chi connectivity index (χ4v) is 4.76. The van der Waals surface area contributed by atoms with Gasteiger partial charge in [0.25, 0.3) is 0 Å². The Labute approximate surface area is 152 Å². The molecule has 1 amide bonds. The zero-order valence-corrected chi connectivity index (χ0v) is 15.3. The van der Waals surface area contributed by atoms with Gasteiger partial charge >= 0.3 is 0 Å². The zero-order chi connectivity index (χ0) is 17.7. The maximum atomic E-state index is 12.3. The topological polar surface area (TPSA) is 75.3 Å². The molecule has 1 atom stereocenters. The monoisotopic (exact) mass is 376 g/mol. The van der Waals surface area contributed by atoms with E-state index in [9.17, 15) is 13.2 Å². The van der Waals surface area contributed by atoms with E-state index in [2.05, 4.69) is 10.0 Å². The van der Waals surface area contributed by atoms with Crippen LogP contribution in [0.4, 0.5) is 5.69 Å². The van der Waals surface area contributed by atoms with Crippen LogP contribution in [-0.2, 0) is 21.4 Å². The molecule has 2 aromatic carbocycles. The number of sulfonamides is 1. The van der Waals surface area contributed by atoms with E-state index in [-0.39, 0.29) is 22.6 Å². The molecule has 3 rings (SSSR count). The van der Waals surface area contributed by atoms with Gasteiger partial charge in [0.2, 0.25) is 15.9 Å². The molecule has 1 fully saturated rings. The number of thioether (sulfide) groups is 1. The van der Waals surface area contributed by atoms with Gasteiger partial charge < -0.3 is 5.32 Å². The van der Waals surface area contributed by atoms with Gasteiger partial charge in [-0.3, -0.25) is 4.79 Å². The largest absolute Gasteiger partial charge is 0.325 e. The average Bonchev–Trinajstić information content (AvgIpc) is 3.16. The lowest BCUT2D eigenvalue weighted by molar-refractivity contribution is -0.115. The summed E-state index contributed by atoms with van der Waals surface area (Å²) in [5, 5.41) is 2.84. The highest BCUT2D eigenvalue weighted by Gasteiger charge is 2.23. The van der Waals surface area contributed by atoms with Crippen LogP contribution in [0.15, 0.2) is 59.5 Å². The van der Waals surface area contributed by atoms with Gasteiger partial charge in [-0.15, -0.1) is 11.8 Å². The van der Waals surface area contributed by atoms with Crippen LogP contribution in [0.1, 0.15) is 18.4 Å². The Kier molecular flexibility index (Phi) is 5.78. The summed E-state index contributed by atoms with van der Waals surface area (Å²) in [7, 11) is -3.59. The van der Waals surface area contributed by atoms with Crippen LogP contribution in [0.3, 0.4) is 0 Å². The molecule has 5 nitrogen and oxygen atoms in total. The van der Waals surface area contributed by atoms with Crippen LogP contribution in [0.5, 0.6) is 0 Å². The number of carbonyl (C=O) groups is 1. The molecule has 0 bridgehead atoms. The van der Waals surface area contributed by atoms with Crippen molar-refractivity contribution in [2.24, 2.45) is 0 Å². The number of carbonyl (C=O) groups excluding carboxylic acids is 1. The Balaban J connectivity index is 1.61. The van der Waals surface area contributed by atoms with Gasteiger partial charge in [0, 0.05) is 12.2 Å². The van der Waals surface area contributed by atoms with Crippen LogP contribution in [0.25, 0.3) is 0 Å². The predicted octanol–water partition coefficient (Wildman–Crippen LogP) is 3.00. The van der Waals surface area contributed by atoms with Crippen molar-refractivity contribution in [3.05, 3.63) is 60.2 Å². The van der Waals surface area contributed by atoms with E-state index in [0.717, 1.165) is 24.2 Å². The first kappa shape index (κ1) is 18.0. The van der Waals surface area contributed by atoms with E-state index in [1.54, 1.807) is 23.9 Å². The summed E-state index contributed by atoms with van der Waals surface area (Å²) in [5.41, 5.74) is 1.50. The zero-order valence-electron chi connectivity index (χ0n) is 13.6. The summed E-state index contributed by atoms with van der Waals surface area (Å²) in [6.45, 7) is 0.237. The Bertz CT molecular complexity index is 815. The molecule has 0 saturated carbocycles. The number of benzene rings is 2. The normalized spacial score (nSPS) is 17.4. The van der Waals surface area contributed by atoms with E-state index >= 15 is 0 Å². The molecule has 0 aliphatic carbocycles. The molecule has 1 heterocycles. The smallest absolute Gasteiger partial charge is 0.240 e. The molecule has 0 spiro atoms. The molecule has 132 valence electrons. The van der Waals surface area contributed by atoms with Crippen LogP contribution in [0, 0.1) is 0 Å². The predicted molar refractivity (Wildman–Crippen MR) is 101 cm³/mol. The van der Waals surface area contributed by atoms with Crippen molar-refractivity contribution in [2.45, 2.75) is 29.5 Å². The van der Waals surface area contributed by atoms with E-state index in [4.69, 9.17) is 0 Å². The Morgan fingerprint density at radius 2 is 1.80 bits per heavy atom. The number of anilines is 1. The molecular formula is C18H20N2O3S2. The molecule has 0 aromatic heterocycles. The van der Waals surface area contributed by atoms with Crippen molar-refractivity contribution in [1.82, 2.24) is 4.72 Å². The first-order valence-corrected chi connectivity index (χ1v) is 10.6. The lowest BCUT2D eigenvalue weighted by Gasteiger charge is -2.11. The fraction of sp³-hybridized carbons (Fsp3) is 0.278. The summed E-state index contributed by atoms with van der Waals surface area (Å²) in [6.07, 6.45) is 1.96. The fourth-order valence-electron chi connectivity index (χ4n) is 2.58. The van der Waals surface area contributed by atoms with Gasteiger partial charge in [0.15, 0.2) is 0 Å². The first-order valence-electron chi connectivity index (χ1n) is 8.11. The SMILES string of the molecule is O=C(Nc1ccc(S(=O)(=O)NCc2ccccc2)cc1)C1CCCS1. The summed E-state index contributed by atoms with van der Waals surface area (Å²) < 4.78 is 27.3. The van der Waals surface area contributed by atoms with Gasteiger partial charge in [0.05, 0.1) is 10.1 Å². The molecule has 0 radical (unpaired) electrons. The van der Waals surface area contributed by atoms with Crippen molar-refractivity contribution in [3.63, 3.8) is 0 Å². The number of nitrogens with one attached hydrogen (secondary N) is 2. The van der Waals surface area contributed by atoms with Crippen LogP contribution < -0.4 is 10.0 Å². The van der Waals surface area contributed by atoms with Gasteiger partial charge in [-0.1, -0.05) is 30.3 Å². The number of amides is 1. The molecule has 1 aliphatic heterocycles. The number of rotatable bonds is 6. The highest BCUT2D eigenvalue weighted by atomic mass is 32.2. The summed E-state index contributed by atoms with van der Waals surface area (Å²) in [6, 6.07) is 15.6. The second-order valence-electron chi connectivity index (χ2n) is 5.83. The van der Waals surface area contributed by atoms with Gasteiger partial charge in [-0.05, 0) is 48.4 Å². The minimum Gasteiger partial charge on any atom is -0.325 e. The van der Waals surface area contributed by atoms with Crippen molar-refractivity contribution < 1.29 is 13.2 Å². The molecule has 1 aliphatic rings. The molecule has 1 unspecified atom stereocenters. The standard InChI is InChI=1S/C18H20N2O3S2/c21-18(17-7-4-12-24-17)20-15-8-10-16(11-9-15)25(22,23)19-13-14-5-2-1-3-6-14/h1-3,5-6,8-11,17,19H,4,7,12-13H2,(H,20,21). The first-order chi connectivity index (χ1) is 12.0. The Hall–Kier alpha value is -1.83. The highest BCUT2D eigenvalue weighted by molar-refractivity contribution is 8.00. The van der Waals surface area contributed by atoms with Crippen molar-refractivity contribution in [3.8, 4) is 0 Å². The summed E-state index contributed by atoms with van der Waals surface area (Å²) in [4.78, 5) is 12.3.